The van der Waals surface area contributed by atoms with E-state index in [1.807, 2.05) is 32.0 Å². The van der Waals surface area contributed by atoms with Crippen LogP contribution in [0.15, 0.2) is 60.7 Å². The Labute approximate surface area is 180 Å². The van der Waals surface area contributed by atoms with Crippen molar-refractivity contribution in [2.75, 3.05) is 15.9 Å². The zero-order valence-corrected chi connectivity index (χ0v) is 18.1. The molecule has 31 heavy (non-hydrogen) atoms. The maximum absolute atomic E-state index is 13.3. The van der Waals surface area contributed by atoms with E-state index in [1.165, 1.54) is 10.4 Å². The van der Waals surface area contributed by atoms with Gasteiger partial charge < -0.3 is 5.32 Å². The lowest BCUT2D eigenvalue weighted by Crippen LogP contribution is -2.30. The van der Waals surface area contributed by atoms with Crippen LogP contribution in [0, 0.1) is 25.5 Å². The van der Waals surface area contributed by atoms with Gasteiger partial charge in [-0.3, -0.25) is 9.10 Å². The van der Waals surface area contributed by atoms with Crippen LogP contribution >= 0.6 is 0 Å². The van der Waals surface area contributed by atoms with Gasteiger partial charge in [-0.2, -0.15) is 0 Å². The molecule has 1 amide bonds. The van der Waals surface area contributed by atoms with Crippen molar-refractivity contribution in [1.82, 2.24) is 0 Å². The zero-order chi connectivity index (χ0) is 22.8. The fourth-order valence-electron chi connectivity index (χ4n) is 3.27. The lowest BCUT2D eigenvalue weighted by atomic mass is 10.1. The van der Waals surface area contributed by atoms with Crippen molar-refractivity contribution in [3.8, 4) is 0 Å². The Morgan fingerprint density at radius 1 is 0.935 bits per heavy atom. The van der Waals surface area contributed by atoms with E-state index in [0.29, 0.717) is 16.8 Å². The Balaban J connectivity index is 1.81. The highest BCUT2D eigenvalue weighted by Crippen LogP contribution is 2.28. The monoisotopic (exact) mass is 444 g/mol. The Hall–Kier alpha value is -3.26. The normalized spacial score (nSPS) is 11.3. The highest BCUT2D eigenvalue weighted by Gasteiger charge is 2.21. The molecule has 0 aromatic heterocycles. The van der Waals surface area contributed by atoms with E-state index >= 15 is 0 Å². The quantitative estimate of drug-likeness (QED) is 0.594. The summed E-state index contributed by atoms with van der Waals surface area (Å²) in [6.07, 6.45) is 1.16. The van der Waals surface area contributed by atoms with E-state index in [9.17, 15) is 22.0 Å². The molecule has 0 fully saturated rings. The first-order valence-electron chi connectivity index (χ1n) is 9.45. The second kappa shape index (κ2) is 8.85. The largest absolute Gasteiger partial charge is 0.322 e. The van der Waals surface area contributed by atoms with E-state index in [-0.39, 0.29) is 12.2 Å². The van der Waals surface area contributed by atoms with E-state index in [0.717, 1.165) is 29.5 Å². The van der Waals surface area contributed by atoms with Gasteiger partial charge in [0.25, 0.3) is 5.91 Å². The van der Waals surface area contributed by atoms with Crippen LogP contribution in [0.5, 0.6) is 0 Å². The highest BCUT2D eigenvalue weighted by molar-refractivity contribution is 7.92. The molecule has 5 nitrogen and oxygen atoms in total. The van der Waals surface area contributed by atoms with Crippen molar-refractivity contribution in [3.63, 3.8) is 0 Å². The molecule has 0 aliphatic carbocycles. The molecule has 0 spiro atoms. The van der Waals surface area contributed by atoms with Gasteiger partial charge in [-0.25, -0.2) is 17.2 Å². The van der Waals surface area contributed by atoms with Crippen LogP contribution in [0.2, 0.25) is 0 Å². The van der Waals surface area contributed by atoms with Crippen molar-refractivity contribution in [1.29, 1.82) is 0 Å². The maximum atomic E-state index is 13.3. The number of benzene rings is 3. The number of amides is 1. The third kappa shape index (κ3) is 5.27. The molecule has 3 aromatic rings. The van der Waals surface area contributed by atoms with Crippen molar-refractivity contribution in [2.24, 2.45) is 0 Å². The summed E-state index contributed by atoms with van der Waals surface area (Å²) < 4.78 is 52.6. The summed E-state index contributed by atoms with van der Waals surface area (Å²) in [5.74, 6) is -2.55. The van der Waals surface area contributed by atoms with Crippen molar-refractivity contribution < 1.29 is 22.0 Å². The number of aryl methyl sites for hydroxylation is 2. The molecule has 0 bridgehead atoms. The van der Waals surface area contributed by atoms with Crippen molar-refractivity contribution >= 4 is 27.3 Å². The minimum atomic E-state index is -3.55. The number of anilines is 2. The number of hydrogen-bond acceptors (Lipinski definition) is 3. The zero-order valence-electron chi connectivity index (χ0n) is 17.3. The molecule has 0 atom stereocenters. The summed E-state index contributed by atoms with van der Waals surface area (Å²) in [6, 6.07) is 15.1. The van der Waals surface area contributed by atoms with Gasteiger partial charge in [-0.05, 0) is 54.8 Å². The van der Waals surface area contributed by atoms with Gasteiger partial charge in [-0.1, -0.05) is 30.3 Å². The molecule has 0 aliphatic rings. The Kier molecular flexibility index (Phi) is 6.40. The summed E-state index contributed by atoms with van der Waals surface area (Å²) >= 11 is 0. The second-order valence-corrected chi connectivity index (χ2v) is 9.20. The fourth-order valence-corrected chi connectivity index (χ4v) is 4.27. The van der Waals surface area contributed by atoms with Crippen molar-refractivity contribution in [3.05, 3.63) is 94.6 Å². The Morgan fingerprint density at radius 2 is 1.55 bits per heavy atom. The van der Waals surface area contributed by atoms with E-state index in [1.54, 1.807) is 24.3 Å². The van der Waals surface area contributed by atoms with Crippen LogP contribution in [-0.4, -0.2) is 20.6 Å². The molecule has 0 unspecified atom stereocenters. The second-order valence-electron chi connectivity index (χ2n) is 7.29. The van der Waals surface area contributed by atoms with Crippen LogP contribution in [0.4, 0.5) is 20.2 Å². The van der Waals surface area contributed by atoms with E-state index < -0.39 is 27.6 Å². The van der Waals surface area contributed by atoms with E-state index in [2.05, 4.69) is 5.32 Å². The molecule has 1 N–H and O–H groups in total. The summed E-state index contributed by atoms with van der Waals surface area (Å²) in [4.78, 5) is 12.4. The summed E-state index contributed by atoms with van der Waals surface area (Å²) in [6.45, 7) is 3.81. The summed E-state index contributed by atoms with van der Waals surface area (Å²) in [7, 11) is -3.55. The molecule has 162 valence electrons. The van der Waals surface area contributed by atoms with Gasteiger partial charge in [0.05, 0.1) is 18.5 Å². The van der Waals surface area contributed by atoms with Gasteiger partial charge in [0, 0.05) is 17.3 Å². The van der Waals surface area contributed by atoms with Crippen LogP contribution in [0.25, 0.3) is 0 Å². The van der Waals surface area contributed by atoms with Gasteiger partial charge >= 0.3 is 0 Å². The van der Waals surface area contributed by atoms with Crippen LogP contribution < -0.4 is 9.62 Å². The van der Waals surface area contributed by atoms with Gasteiger partial charge in [0.15, 0.2) is 11.6 Å². The molecule has 0 radical (unpaired) electrons. The first-order valence-corrected chi connectivity index (χ1v) is 11.3. The van der Waals surface area contributed by atoms with Crippen LogP contribution in [0.1, 0.15) is 27.0 Å². The third-order valence-corrected chi connectivity index (χ3v) is 5.92. The maximum Gasteiger partial charge on any atom is 0.255 e. The number of carbonyl (C=O) groups is 1. The number of carbonyl (C=O) groups excluding carboxylic acids is 1. The summed E-state index contributed by atoms with van der Waals surface area (Å²) in [5.41, 5.74) is 3.43. The number of hydrogen-bond donors (Lipinski definition) is 1. The molecular formula is C23H22F2N2O3S. The number of rotatable bonds is 6. The predicted octanol–water partition coefficient (Wildman–Crippen LogP) is 4.80. The number of nitrogens with zero attached hydrogens (tertiary/aromatic N) is 1. The lowest BCUT2D eigenvalue weighted by Gasteiger charge is -2.26. The SMILES string of the molecule is Cc1cccc(C)c1N(Cc1ccc(C(=O)Nc2ccc(F)c(F)c2)cc1)S(C)(=O)=O. The average Bonchev–Trinajstić information content (AvgIpc) is 2.69. The minimum Gasteiger partial charge on any atom is -0.322 e. The van der Waals surface area contributed by atoms with Gasteiger partial charge in [0.2, 0.25) is 10.0 Å². The van der Waals surface area contributed by atoms with Crippen molar-refractivity contribution in [2.45, 2.75) is 20.4 Å². The molecule has 0 aliphatic heterocycles. The standard InChI is InChI=1S/C23H22F2N2O3S/c1-15-5-4-6-16(2)22(15)27(31(3,29)30)14-17-7-9-18(10-8-17)23(28)26-19-11-12-20(24)21(25)13-19/h4-13H,14H2,1-3H3,(H,26,28). The molecular weight excluding hydrogens is 422 g/mol. The number of halogens is 2. The third-order valence-electron chi connectivity index (χ3n) is 4.81. The number of para-hydroxylation sites is 1. The van der Waals surface area contributed by atoms with Crippen LogP contribution in [0.3, 0.4) is 0 Å². The minimum absolute atomic E-state index is 0.107. The topological polar surface area (TPSA) is 66.5 Å². The number of sulfonamides is 1. The highest BCUT2D eigenvalue weighted by atomic mass is 32.2. The molecule has 3 rings (SSSR count). The number of nitrogens with one attached hydrogen (secondary N) is 1. The Bertz CT molecular complexity index is 1210. The molecule has 0 saturated heterocycles. The summed E-state index contributed by atoms with van der Waals surface area (Å²) in [5, 5.41) is 2.50. The molecule has 8 heteroatoms. The van der Waals surface area contributed by atoms with E-state index in [4.69, 9.17) is 0 Å². The lowest BCUT2D eigenvalue weighted by molar-refractivity contribution is 0.102. The smallest absolute Gasteiger partial charge is 0.255 e. The molecule has 0 saturated carbocycles. The fraction of sp³-hybridized carbons (Fsp3) is 0.174. The van der Waals surface area contributed by atoms with Gasteiger partial charge in [-0.15, -0.1) is 0 Å². The first kappa shape index (κ1) is 22.4. The molecule has 0 heterocycles. The van der Waals surface area contributed by atoms with Gasteiger partial charge in [0.1, 0.15) is 0 Å². The average molecular weight is 445 g/mol. The van der Waals surface area contributed by atoms with Crippen LogP contribution in [-0.2, 0) is 16.6 Å². The Morgan fingerprint density at radius 3 is 2.10 bits per heavy atom. The first-order chi connectivity index (χ1) is 14.6. The molecule has 3 aromatic carbocycles. The predicted molar refractivity (Wildman–Crippen MR) is 118 cm³/mol.